The average Bonchev–Trinajstić information content (AvgIpc) is 2.37. The molecule has 1 aliphatic heterocycles. The lowest BCUT2D eigenvalue weighted by molar-refractivity contribution is -0.137. The van der Waals surface area contributed by atoms with Gasteiger partial charge in [0.25, 0.3) is 0 Å². The van der Waals surface area contributed by atoms with Crippen LogP contribution in [0.2, 0.25) is 0 Å². The van der Waals surface area contributed by atoms with Crippen molar-refractivity contribution in [3.8, 4) is 5.75 Å². The van der Waals surface area contributed by atoms with E-state index in [1.54, 1.807) is 24.3 Å². The summed E-state index contributed by atoms with van der Waals surface area (Å²) in [4.78, 5) is 10.4. The highest BCUT2D eigenvalue weighted by molar-refractivity contribution is 7.92. The van der Waals surface area contributed by atoms with Crippen LogP contribution < -0.4 is 9.04 Å². The third-order valence-corrected chi connectivity index (χ3v) is 4.67. The van der Waals surface area contributed by atoms with Gasteiger partial charge in [0.05, 0.1) is 18.0 Å². The minimum atomic E-state index is -3.50. The Morgan fingerprint density at radius 3 is 2.84 bits per heavy atom. The number of carbonyl (C=O) groups is 1. The van der Waals surface area contributed by atoms with Gasteiger partial charge in [-0.25, -0.2) is 8.42 Å². The fourth-order valence-corrected chi connectivity index (χ4v) is 3.48. The number of carboxylic acids is 1. The molecular weight excluding hydrogens is 270 g/mol. The second-order valence-electron chi connectivity index (χ2n) is 4.20. The van der Waals surface area contributed by atoms with E-state index in [2.05, 4.69) is 0 Å². The first-order chi connectivity index (χ1) is 9.00. The molecule has 7 heteroatoms. The maximum absolute atomic E-state index is 12.2. The molecule has 104 valence electrons. The van der Waals surface area contributed by atoms with Gasteiger partial charge in [0.2, 0.25) is 10.0 Å². The number of benzene rings is 1. The molecule has 1 heterocycles. The van der Waals surface area contributed by atoms with Gasteiger partial charge < -0.3 is 9.84 Å². The Kier molecular flexibility index (Phi) is 3.94. The van der Waals surface area contributed by atoms with Crippen molar-refractivity contribution in [1.82, 2.24) is 0 Å². The van der Waals surface area contributed by atoms with Crippen molar-refractivity contribution < 1.29 is 23.1 Å². The fraction of sp³-hybridized carbons (Fsp3) is 0.417. The van der Waals surface area contributed by atoms with Crippen LogP contribution in [-0.2, 0) is 14.8 Å². The molecule has 1 aromatic carbocycles. The van der Waals surface area contributed by atoms with Crippen molar-refractivity contribution in [2.75, 3.05) is 23.2 Å². The zero-order valence-electron chi connectivity index (χ0n) is 10.3. The Hall–Kier alpha value is -1.76. The van der Waals surface area contributed by atoms with E-state index in [1.165, 1.54) is 4.31 Å². The molecule has 1 aromatic rings. The summed E-state index contributed by atoms with van der Waals surface area (Å²) in [6.07, 6.45) is -0.0393. The lowest BCUT2D eigenvalue weighted by atomic mass is 10.2. The van der Waals surface area contributed by atoms with Crippen molar-refractivity contribution in [2.45, 2.75) is 12.8 Å². The highest BCUT2D eigenvalue weighted by atomic mass is 32.2. The summed E-state index contributed by atoms with van der Waals surface area (Å²) in [7, 11) is -3.50. The van der Waals surface area contributed by atoms with Gasteiger partial charge in [-0.05, 0) is 18.6 Å². The van der Waals surface area contributed by atoms with E-state index in [0.717, 1.165) is 0 Å². The third-order valence-electron chi connectivity index (χ3n) is 2.81. The Balaban J connectivity index is 2.16. The molecule has 0 saturated carbocycles. The first-order valence-electron chi connectivity index (χ1n) is 5.95. The van der Waals surface area contributed by atoms with E-state index in [1.807, 2.05) is 0 Å². The number of carboxylic acid groups (broad SMARTS) is 1. The normalized spacial score (nSPS) is 14.6. The van der Waals surface area contributed by atoms with E-state index in [9.17, 15) is 13.2 Å². The minimum Gasteiger partial charge on any atom is -0.489 e. The van der Waals surface area contributed by atoms with Gasteiger partial charge in [0.15, 0.2) is 0 Å². The predicted molar refractivity (Wildman–Crippen MR) is 69.9 cm³/mol. The van der Waals surface area contributed by atoms with E-state index >= 15 is 0 Å². The van der Waals surface area contributed by atoms with Crippen LogP contribution in [0.25, 0.3) is 0 Å². The topological polar surface area (TPSA) is 83.9 Å². The number of rotatable bonds is 5. The second-order valence-corrected chi connectivity index (χ2v) is 6.21. The predicted octanol–water partition coefficient (Wildman–Crippen LogP) is 1.08. The molecule has 1 N–H and O–H groups in total. The summed E-state index contributed by atoms with van der Waals surface area (Å²) in [6, 6.07) is 6.92. The van der Waals surface area contributed by atoms with Crippen molar-refractivity contribution in [1.29, 1.82) is 0 Å². The molecular formula is C12H15NO5S. The van der Waals surface area contributed by atoms with E-state index in [4.69, 9.17) is 9.84 Å². The molecule has 0 unspecified atom stereocenters. The Bertz CT molecular complexity index is 569. The molecule has 0 fully saturated rings. The Morgan fingerprint density at radius 1 is 1.37 bits per heavy atom. The van der Waals surface area contributed by atoms with E-state index in [-0.39, 0.29) is 25.1 Å². The standard InChI is InChI=1S/C12H15NO5S/c14-12(15)6-3-9-19(16,17)13-7-8-18-11-5-2-1-4-10(11)13/h1-2,4-5H,3,6-9H2,(H,14,15). The van der Waals surface area contributed by atoms with Crippen LogP contribution in [0.5, 0.6) is 5.75 Å². The van der Waals surface area contributed by atoms with Gasteiger partial charge in [-0.1, -0.05) is 12.1 Å². The van der Waals surface area contributed by atoms with Gasteiger partial charge >= 0.3 is 5.97 Å². The van der Waals surface area contributed by atoms with Crippen molar-refractivity contribution in [3.05, 3.63) is 24.3 Å². The molecule has 2 rings (SSSR count). The second kappa shape index (κ2) is 5.48. The lowest BCUT2D eigenvalue weighted by Gasteiger charge is -2.30. The molecule has 1 aliphatic rings. The SMILES string of the molecule is O=C(O)CCCS(=O)(=O)N1CCOc2ccccc21. The number of hydrogen-bond acceptors (Lipinski definition) is 4. The Morgan fingerprint density at radius 2 is 2.11 bits per heavy atom. The number of nitrogens with zero attached hydrogens (tertiary/aromatic N) is 1. The average molecular weight is 285 g/mol. The molecule has 19 heavy (non-hydrogen) atoms. The number of anilines is 1. The number of hydrogen-bond donors (Lipinski definition) is 1. The molecule has 0 radical (unpaired) electrons. The van der Waals surface area contributed by atoms with Gasteiger partial charge in [-0.15, -0.1) is 0 Å². The fourth-order valence-electron chi connectivity index (χ4n) is 1.95. The molecule has 0 aromatic heterocycles. The number of para-hydroxylation sites is 2. The zero-order chi connectivity index (χ0) is 13.9. The summed E-state index contributed by atoms with van der Waals surface area (Å²) in [5, 5.41) is 8.55. The molecule has 0 bridgehead atoms. The molecule has 0 amide bonds. The van der Waals surface area contributed by atoms with Crippen LogP contribution >= 0.6 is 0 Å². The van der Waals surface area contributed by atoms with Crippen LogP contribution in [0.15, 0.2) is 24.3 Å². The van der Waals surface area contributed by atoms with Crippen LogP contribution in [0.3, 0.4) is 0 Å². The quantitative estimate of drug-likeness (QED) is 0.875. The first-order valence-corrected chi connectivity index (χ1v) is 7.56. The highest BCUT2D eigenvalue weighted by Gasteiger charge is 2.27. The Labute approximate surface area is 111 Å². The summed E-state index contributed by atoms with van der Waals surface area (Å²) in [6.45, 7) is 0.557. The highest BCUT2D eigenvalue weighted by Crippen LogP contribution is 2.33. The first kappa shape index (κ1) is 13.7. The van der Waals surface area contributed by atoms with Crippen LogP contribution in [0.4, 0.5) is 5.69 Å². The molecule has 0 atom stereocenters. The zero-order valence-corrected chi connectivity index (χ0v) is 11.1. The minimum absolute atomic E-state index is 0.108. The van der Waals surface area contributed by atoms with Crippen LogP contribution in [0, 0.1) is 0 Å². The van der Waals surface area contributed by atoms with Crippen LogP contribution in [0.1, 0.15) is 12.8 Å². The van der Waals surface area contributed by atoms with E-state index in [0.29, 0.717) is 18.0 Å². The number of sulfonamides is 1. The molecule has 0 saturated heterocycles. The lowest BCUT2D eigenvalue weighted by Crippen LogP contribution is -2.39. The molecule has 0 spiro atoms. The number of fused-ring (bicyclic) bond motifs is 1. The van der Waals surface area contributed by atoms with Crippen molar-refractivity contribution in [2.24, 2.45) is 0 Å². The number of ether oxygens (including phenoxy) is 1. The maximum Gasteiger partial charge on any atom is 0.303 e. The molecule has 6 nitrogen and oxygen atoms in total. The van der Waals surface area contributed by atoms with Crippen LogP contribution in [-0.4, -0.2) is 38.4 Å². The van der Waals surface area contributed by atoms with Gasteiger partial charge in [0.1, 0.15) is 12.4 Å². The van der Waals surface area contributed by atoms with Crippen molar-refractivity contribution >= 4 is 21.7 Å². The van der Waals surface area contributed by atoms with Gasteiger partial charge in [-0.3, -0.25) is 9.10 Å². The summed E-state index contributed by atoms with van der Waals surface area (Å²) in [5.41, 5.74) is 0.518. The molecule has 0 aliphatic carbocycles. The van der Waals surface area contributed by atoms with Gasteiger partial charge in [-0.2, -0.15) is 0 Å². The van der Waals surface area contributed by atoms with Gasteiger partial charge in [0, 0.05) is 6.42 Å². The summed E-state index contributed by atoms with van der Waals surface area (Å²) in [5.74, 6) is -0.624. The summed E-state index contributed by atoms with van der Waals surface area (Å²) >= 11 is 0. The maximum atomic E-state index is 12.2. The van der Waals surface area contributed by atoms with E-state index < -0.39 is 16.0 Å². The largest absolute Gasteiger partial charge is 0.489 e. The monoisotopic (exact) mass is 285 g/mol. The smallest absolute Gasteiger partial charge is 0.303 e. The summed E-state index contributed by atoms with van der Waals surface area (Å²) < 4.78 is 31.1. The number of aliphatic carboxylic acids is 1. The van der Waals surface area contributed by atoms with Crippen molar-refractivity contribution in [3.63, 3.8) is 0 Å². The third kappa shape index (κ3) is 3.17.